The van der Waals surface area contributed by atoms with Crippen molar-refractivity contribution in [1.29, 1.82) is 5.26 Å². The number of nitrogens with zero attached hydrogens (tertiary/aromatic N) is 1. The molecule has 0 radical (unpaired) electrons. The van der Waals surface area contributed by atoms with Crippen LogP contribution in [0.2, 0.25) is 0 Å². The molecule has 0 aliphatic carbocycles. The van der Waals surface area contributed by atoms with Gasteiger partial charge >= 0.3 is 0 Å². The molecule has 0 aromatic carbocycles. The lowest BCUT2D eigenvalue weighted by Crippen LogP contribution is -1.99. The number of nitrogens with two attached hydrogens (primary N) is 1. The van der Waals surface area contributed by atoms with E-state index in [1.807, 2.05) is 6.92 Å². The van der Waals surface area contributed by atoms with Crippen LogP contribution in [0.5, 0.6) is 0 Å². The van der Waals surface area contributed by atoms with Crippen LogP contribution in [0.3, 0.4) is 0 Å². The first-order valence-corrected chi connectivity index (χ1v) is 4.22. The van der Waals surface area contributed by atoms with Crippen LogP contribution in [0.4, 0.5) is 0 Å². The molecular formula is C10H12N2O. The van der Waals surface area contributed by atoms with E-state index >= 15 is 0 Å². The molecule has 0 spiro atoms. The summed E-state index contributed by atoms with van der Waals surface area (Å²) in [4.78, 5) is 0. The molecule has 3 nitrogen and oxygen atoms in total. The van der Waals surface area contributed by atoms with Crippen molar-refractivity contribution in [2.45, 2.75) is 19.8 Å². The van der Waals surface area contributed by atoms with Gasteiger partial charge in [-0.15, -0.1) is 0 Å². The van der Waals surface area contributed by atoms with Crippen molar-refractivity contribution in [3.8, 4) is 6.07 Å². The molecule has 1 rings (SSSR count). The minimum atomic E-state index is 0.453. The molecular weight excluding hydrogens is 164 g/mol. The zero-order valence-corrected chi connectivity index (χ0v) is 7.58. The molecule has 3 heteroatoms. The van der Waals surface area contributed by atoms with Gasteiger partial charge in [0.25, 0.3) is 0 Å². The Morgan fingerprint density at radius 2 is 2.46 bits per heavy atom. The zero-order chi connectivity index (χ0) is 9.68. The lowest BCUT2D eigenvalue weighted by molar-refractivity contribution is 0.551. The number of hydrogen-bond donors (Lipinski definition) is 1. The summed E-state index contributed by atoms with van der Waals surface area (Å²) in [6.45, 7) is 2.01. The van der Waals surface area contributed by atoms with Gasteiger partial charge < -0.3 is 10.2 Å². The van der Waals surface area contributed by atoms with Gasteiger partial charge in [-0.1, -0.05) is 13.3 Å². The maximum absolute atomic E-state index is 8.80. The Kier molecular flexibility index (Phi) is 3.15. The average Bonchev–Trinajstić information content (AvgIpc) is 2.65. The molecule has 0 aliphatic heterocycles. The highest BCUT2D eigenvalue weighted by Crippen LogP contribution is 2.16. The standard InChI is InChI=1S/C10H12N2O/c1-2-4-8(7-11)10(12)9-5-3-6-13-9/h3,5-6H,2,4,12H2,1H3/b10-8-. The van der Waals surface area contributed by atoms with Gasteiger partial charge in [0.05, 0.1) is 23.6 Å². The second-order valence-electron chi connectivity index (χ2n) is 2.73. The molecule has 0 saturated heterocycles. The first kappa shape index (κ1) is 9.40. The highest BCUT2D eigenvalue weighted by atomic mass is 16.3. The normalized spacial score (nSPS) is 12.0. The Bertz CT molecular complexity index is 330. The van der Waals surface area contributed by atoms with E-state index in [2.05, 4.69) is 6.07 Å². The monoisotopic (exact) mass is 176 g/mol. The van der Waals surface area contributed by atoms with Crippen molar-refractivity contribution in [3.05, 3.63) is 29.7 Å². The van der Waals surface area contributed by atoms with Crippen molar-refractivity contribution in [2.75, 3.05) is 0 Å². The number of furan rings is 1. The summed E-state index contributed by atoms with van der Waals surface area (Å²) in [6.07, 6.45) is 3.15. The number of hydrogen-bond acceptors (Lipinski definition) is 3. The summed E-state index contributed by atoms with van der Waals surface area (Å²) in [5.41, 5.74) is 6.79. The van der Waals surface area contributed by atoms with Gasteiger partial charge in [-0.3, -0.25) is 0 Å². The van der Waals surface area contributed by atoms with Gasteiger partial charge in [0.2, 0.25) is 0 Å². The van der Waals surface area contributed by atoms with Gasteiger partial charge in [-0.05, 0) is 18.6 Å². The van der Waals surface area contributed by atoms with Crippen LogP contribution in [0.15, 0.2) is 28.4 Å². The smallest absolute Gasteiger partial charge is 0.150 e. The van der Waals surface area contributed by atoms with Crippen LogP contribution in [-0.2, 0) is 0 Å². The van der Waals surface area contributed by atoms with Crippen LogP contribution < -0.4 is 5.73 Å². The Hall–Kier alpha value is -1.69. The van der Waals surface area contributed by atoms with E-state index in [9.17, 15) is 0 Å². The minimum Gasteiger partial charge on any atom is -0.463 e. The van der Waals surface area contributed by atoms with E-state index in [0.717, 1.165) is 6.42 Å². The lowest BCUT2D eigenvalue weighted by atomic mass is 10.1. The maximum Gasteiger partial charge on any atom is 0.150 e. The third-order valence-corrected chi connectivity index (χ3v) is 1.75. The fourth-order valence-electron chi connectivity index (χ4n) is 1.08. The summed E-state index contributed by atoms with van der Waals surface area (Å²) in [7, 11) is 0. The molecule has 0 fully saturated rings. The predicted molar refractivity (Wildman–Crippen MR) is 50.3 cm³/mol. The molecule has 0 bridgehead atoms. The molecule has 0 amide bonds. The molecule has 0 unspecified atom stereocenters. The van der Waals surface area contributed by atoms with Crippen LogP contribution in [0, 0.1) is 11.3 Å². The fraction of sp³-hybridized carbons (Fsp3) is 0.300. The van der Waals surface area contributed by atoms with Crippen molar-refractivity contribution in [3.63, 3.8) is 0 Å². The Morgan fingerprint density at radius 1 is 1.69 bits per heavy atom. The highest BCUT2D eigenvalue weighted by Gasteiger charge is 2.06. The van der Waals surface area contributed by atoms with E-state index in [0.29, 0.717) is 23.5 Å². The Labute approximate surface area is 77.5 Å². The van der Waals surface area contributed by atoms with Crippen LogP contribution >= 0.6 is 0 Å². The van der Waals surface area contributed by atoms with E-state index in [-0.39, 0.29) is 0 Å². The van der Waals surface area contributed by atoms with E-state index in [1.165, 1.54) is 0 Å². The van der Waals surface area contributed by atoms with Gasteiger partial charge in [0.1, 0.15) is 0 Å². The van der Waals surface area contributed by atoms with E-state index in [1.54, 1.807) is 18.4 Å². The predicted octanol–water partition coefficient (Wildman–Crippen LogP) is 2.27. The molecule has 1 aromatic heterocycles. The molecule has 1 heterocycles. The number of nitriles is 1. The van der Waals surface area contributed by atoms with Gasteiger partial charge in [0.15, 0.2) is 5.76 Å². The van der Waals surface area contributed by atoms with Crippen molar-refractivity contribution >= 4 is 5.70 Å². The van der Waals surface area contributed by atoms with Crippen molar-refractivity contribution in [2.24, 2.45) is 5.73 Å². The largest absolute Gasteiger partial charge is 0.463 e. The summed E-state index contributed by atoms with van der Waals surface area (Å²) in [5.74, 6) is 0.574. The van der Waals surface area contributed by atoms with Crippen LogP contribution in [-0.4, -0.2) is 0 Å². The Balaban J connectivity index is 2.96. The Morgan fingerprint density at radius 3 is 2.92 bits per heavy atom. The summed E-state index contributed by atoms with van der Waals surface area (Å²) in [5, 5.41) is 8.80. The van der Waals surface area contributed by atoms with Gasteiger partial charge in [-0.2, -0.15) is 5.26 Å². The molecule has 0 aliphatic rings. The average molecular weight is 176 g/mol. The van der Waals surface area contributed by atoms with E-state index in [4.69, 9.17) is 15.4 Å². The van der Waals surface area contributed by atoms with Gasteiger partial charge in [0, 0.05) is 0 Å². The fourth-order valence-corrected chi connectivity index (χ4v) is 1.08. The molecule has 0 atom stereocenters. The number of allylic oxidation sites excluding steroid dienone is 1. The molecule has 2 N–H and O–H groups in total. The zero-order valence-electron chi connectivity index (χ0n) is 7.58. The third-order valence-electron chi connectivity index (χ3n) is 1.75. The maximum atomic E-state index is 8.80. The first-order chi connectivity index (χ1) is 6.29. The minimum absolute atomic E-state index is 0.453. The molecule has 0 saturated carbocycles. The second kappa shape index (κ2) is 4.36. The van der Waals surface area contributed by atoms with Crippen molar-refractivity contribution < 1.29 is 4.42 Å². The quantitative estimate of drug-likeness (QED) is 0.718. The summed E-state index contributed by atoms with van der Waals surface area (Å²) in [6, 6.07) is 5.59. The topological polar surface area (TPSA) is 63.0 Å². The second-order valence-corrected chi connectivity index (χ2v) is 2.73. The molecule has 68 valence electrons. The van der Waals surface area contributed by atoms with Crippen LogP contribution in [0.25, 0.3) is 5.70 Å². The van der Waals surface area contributed by atoms with E-state index < -0.39 is 0 Å². The van der Waals surface area contributed by atoms with Gasteiger partial charge in [-0.25, -0.2) is 0 Å². The first-order valence-electron chi connectivity index (χ1n) is 4.22. The summed E-state index contributed by atoms with van der Waals surface area (Å²) >= 11 is 0. The summed E-state index contributed by atoms with van der Waals surface area (Å²) < 4.78 is 5.09. The third kappa shape index (κ3) is 2.12. The lowest BCUT2D eigenvalue weighted by Gasteiger charge is -2.00. The number of rotatable bonds is 3. The van der Waals surface area contributed by atoms with Crippen molar-refractivity contribution in [1.82, 2.24) is 0 Å². The molecule has 1 aromatic rings. The van der Waals surface area contributed by atoms with Crippen LogP contribution in [0.1, 0.15) is 25.5 Å². The molecule has 13 heavy (non-hydrogen) atoms. The highest BCUT2D eigenvalue weighted by molar-refractivity contribution is 5.65. The SMILES string of the molecule is CCC/C(C#N)=C(/N)c1ccco1.